The molecule has 0 saturated carbocycles. The third-order valence-electron chi connectivity index (χ3n) is 2.55. The van der Waals surface area contributed by atoms with Crippen molar-refractivity contribution in [2.75, 3.05) is 26.7 Å². The number of aliphatic hydroxyl groups excluding tert-OH is 1. The minimum atomic E-state index is -0.482. The number of rotatable bonds is 7. The fraction of sp³-hybridized carbons (Fsp3) is 0.769. The lowest BCUT2D eigenvalue weighted by molar-refractivity contribution is 0.0300. The molecule has 0 aliphatic carbocycles. The maximum atomic E-state index is 11.7. The fourth-order valence-electron chi connectivity index (χ4n) is 1.53. The summed E-state index contributed by atoms with van der Waals surface area (Å²) in [5.74, 6) is 0. The molecule has 0 radical (unpaired) electrons. The second kappa shape index (κ2) is 7.94. The van der Waals surface area contributed by atoms with Crippen LogP contribution in [0.4, 0.5) is 4.79 Å². The quantitative estimate of drug-likeness (QED) is 0.700. The van der Waals surface area contributed by atoms with E-state index in [-0.39, 0.29) is 12.7 Å². The molecule has 0 atom stereocenters. The SMILES string of the molecule is CN(CCNCc1cn(CCO)nn1)C(=O)OC(C)(C)C. The summed E-state index contributed by atoms with van der Waals surface area (Å²) < 4.78 is 6.84. The molecule has 0 bridgehead atoms. The van der Waals surface area contributed by atoms with Gasteiger partial charge in [-0.05, 0) is 20.8 Å². The predicted octanol–water partition coefficient (Wildman–Crippen LogP) is 0.227. The molecule has 1 heterocycles. The summed E-state index contributed by atoms with van der Waals surface area (Å²) in [4.78, 5) is 13.3. The number of aromatic nitrogens is 3. The Morgan fingerprint density at radius 2 is 2.24 bits per heavy atom. The number of carbonyl (C=O) groups is 1. The van der Waals surface area contributed by atoms with Gasteiger partial charge in [-0.15, -0.1) is 5.10 Å². The van der Waals surface area contributed by atoms with Gasteiger partial charge >= 0.3 is 6.09 Å². The van der Waals surface area contributed by atoms with Crippen LogP contribution in [0.15, 0.2) is 6.20 Å². The van der Waals surface area contributed by atoms with Gasteiger partial charge < -0.3 is 20.1 Å². The first kappa shape index (κ1) is 17.4. The molecule has 0 aliphatic heterocycles. The van der Waals surface area contributed by atoms with Gasteiger partial charge in [0.25, 0.3) is 0 Å². The minimum absolute atomic E-state index is 0.0386. The molecular weight excluding hydrogens is 274 g/mol. The van der Waals surface area contributed by atoms with Crippen LogP contribution in [0.5, 0.6) is 0 Å². The molecular formula is C13H25N5O3. The van der Waals surface area contributed by atoms with Gasteiger partial charge in [0.1, 0.15) is 5.60 Å². The summed E-state index contributed by atoms with van der Waals surface area (Å²) >= 11 is 0. The van der Waals surface area contributed by atoms with Gasteiger partial charge in [-0.25, -0.2) is 9.48 Å². The van der Waals surface area contributed by atoms with Crippen LogP contribution in [0.1, 0.15) is 26.5 Å². The number of aliphatic hydroxyl groups is 1. The maximum absolute atomic E-state index is 11.7. The highest BCUT2D eigenvalue weighted by atomic mass is 16.6. The smallest absolute Gasteiger partial charge is 0.410 e. The van der Waals surface area contributed by atoms with E-state index < -0.39 is 5.60 Å². The lowest BCUT2D eigenvalue weighted by Crippen LogP contribution is -2.37. The summed E-state index contributed by atoms with van der Waals surface area (Å²) in [5.41, 5.74) is 0.313. The van der Waals surface area contributed by atoms with Crippen LogP contribution < -0.4 is 5.32 Å². The van der Waals surface area contributed by atoms with Crippen molar-refractivity contribution in [3.8, 4) is 0 Å². The minimum Gasteiger partial charge on any atom is -0.444 e. The van der Waals surface area contributed by atoms with Crippen LogP contribution in [0.2, 0.25) is 0 Å². The van der Waals surface area contributed by atoms with Gasteiger partial charge in [0.2, 0.25) is 0 Å². The van der Waals surface area contributed by atoms with E-state index in [0.29, 0.717) is 26.2 Å². The summed E-state index contributed by atoms with van der Waals surface area (Å²) in [5, 5.41) is 19.8. The third-order valence-corrected chi connectivity index (χ3v) is 2.55. The van der Waals surface area contributed by atoms with Crippen LogP contribution in [0, 0.1) is 0 Å². The van der Waals surface area contributed by atoms with Crippen molar-refractivity contribution in [2.45, 2.75) is 39.5 Å². The molecule has 1 rings (SSSR count). The first-order valence-corrected chi connectivity index (χ1v) is 6.96. The van der Waals surface area contributed by atoms with Gasteiger partial charge in [-0.2, -0.15) is 0 Å². The molecule has 0 unspecified atom stereocenters. The highest BCUT2D eigenvalue weighted by Gasteiger charge is 2.19. The number of carbonyl (C=O) groups excluding carboxylic acids is 1. The highest BCUT2D eigenvalue weighted by Crippen LogP contribution is 2.08. The Morgan fingerprint density at radius 3 is 2.86 bits per heavy atom. The topological polar surface area (TPSA) is 92.5 Å². The number of likely N-dealkylation sites (N-methyl/N-ethyl adjacent to an activating group) is 1. The van der Waals surface area contributed by atoms with E-state index in [4.69, 9.17) is 9.84 Å². The predicted molar refractivity (Wildman–Crippen MR) is 77.7 cm³/mol. The highest BCUT2D eigenvalue weighted by molar-refractivity contribution is 5.67. The molecule has 120 valence electrons. The van der Waals surface area contributed by atoms with Crippen molar-refractivity contribution in [3.63, 3.8) is 0 Å². The normalized spacial score (nSPS) is 11.5. The summed E-state index contributed by atoms with van der Waals surface area (Å²) in [6, 6.07) is 0. The number of ether oxygens (including phenoxy) is 1. The van der Waals surface area contributed by atoms with Crippen LogP contribution >= 0.6 is 0 Å². The molecule has 1 aromatic rings. The number of hydrogen-bond donors (Lipinski definition) is 2. The average molecular weight is 299 g/mol. The average Bonchev–Trinajstić information content (AvgIpc) is 2.80. The molecule has 21 heavy (non-hydrogen) atoms. The van der Waals surface area contributed by atoms with Gasteiger partial charge in [-0.1, -0.05) is 5.21 Å². The lowest BCUT2D eigenvalue weighted by Gasteiger charge is -2.24. The Morgan fingerprint density at radius 1 is 1.52 bits per heavy atom. The summed E-state index contributed by atoms with van der Waals surface area (Å²) in [7, 11) is 1.70. The second-order valence-corrected chi connectivity index (χ2v) is 5.78. The van der Waals surface area contributed by atoms with Crippen molar-refractivity contribution >= 4 is 6.09 Å². The lowest BCUT2D eigenvalue weighted by atomic mass is 10.2. The van der Waals surface area contributed by atoms with Crippen molar-refractivity contribution in [3.05, 3.63) is 11.9 Å². The molecule has 0 spiro atoms. The molecule has 8 heteroatoms. The molecule has 2 N–H and O–H groups in total. The van der Waals surface area contributed by atoms with Crippen LogP contribution in [-0.2, 0) is 17.8 Å². The Hall–Kier alpha value is -1.67. The van der Waals surface area contributed by atoms with Gasteiger partial charge in [0.05, 0.1) is 18.8 Å². The van der Waals surface area contributed by atoms with E-state index >= 15 is 0 Å². The van der Waals surface area contributed by atoms with Crippen molar-refractivity contribution in [1.29, 1.82) is 0 Å². The molecule has 0 fully saturated rings. The standard InChI is InChI=1S/C13H25N5O3/c1-13(2,3)21-12(20)17(4)6-5-14-9-11-10-18(7-8-19)16-15-11/h10,14,19H,5-9H2,1-4H3. The Labute approximate surface area is 125 Å². The number of nitrogens with one attached hydrogen (secondary N) is 1. The molecule has 1 amide bonds. The van der Waals surface area contributed by atoms with E-state index in [0.717, 1.165) is 5.69 Å². The first-order valence-electron chi connectivity index (χ1n) is 6.96. The van der Waals surface area contributed by atoms with Crippen LogP contribution in [0.25, 0.3) is 0 Å². The van der Waals surface area contributed by atoms with E-state index in [1.807, 2.05) is 20.8 Å². The maximum Gasteiger partial charge on any atom is 0.410 e. The molecule has 1 aromatic heterocycles. The number of amides is 1. The molecule has 8 nitrogen and oxygen atoms in total. The Kier molecular flexibility index (Phi) is 6.57. The first-order chi connectivity index (χ1) is 9.81. The van der Waals surface area contributed by atoms with Crippen molar-refractivity contribution < 1.29 is 14.6 Å². The van der Waals surface area contributed by atoms with Gasteiger partial charge in [0.15, 0.2) is 0 Å². The van der Waals surface area contributed by atoms with Crippen molar-refractivity contribution in [1.82, 2.24) is 25.2 Å². The largest absolute Gasteiger partial charge is 0.444 e. The monoisotopic (exact) mass is 299 g/mol. The molecule has 0 aliphatic rings. The summed E-state index contributed by atoms with van der Waals surface area (Å²) in [6.07, 6.45) is 1.44. The van der Waals surface area contributed by atoms with E-state index in [1.54, 1.807) is 17.9 Å². The van der Waals surface area contributed by atoms with Crippen LogP contribution in [-0.4, -0.2) is 63.4 Å². The Balaban J connectivity index is 2.22. The second-order valence-electron chi connectivity index (χ2n) is 5.78. The molecule has 0 saturated heterocycles. The van der Waals surface area contributed by atoms with E-state index in [1.165, 1.54) is 4.90 Å². The zero-order chi connectivity index (χ0) is 15.9. The fourth-order valence-corrected chi connectivity index (χ4v) is 1.53. The molecule has 0 aromatic carbocycles. The Bertz CT molecular complexity index is 441. The van der Waals surface area contributed by atoms with Gasteiger partial charge in [0, 0.05) is 32.9 Å². The number of hydrogen-bond acceptors (Lipinski definition) is 6. The summed E-state index contributed by atoms with van der Waals surface area (Å²) in [6.45, 7) is 7.73. The number of nitrogens with zero attached hydrogens (tertiary/aromatic N) is 4. The van der Waals surface area contributed by atoms with E-state index in [9.17, 15) is 4.79 Å². The van der Waals surface area contributed by atoms with Crippen molar-refractivity contribution in [2.24, 2.45) is 0 Å². The zero-order valence-electron chi connectivity index (χ0n) is 13.2. The third kappa shape index (κ3) is 7.05. The van der Waals surface area contributed by atoms with Crippen LogP contribution in [0.3, 0.4) is 0 Å². The zero-order valence-corrected chi connectivity index (χ0v) is 13.2. The van der Waals surface area contributed by atoms with Gasteiger partial charge in [-0.3, -0.25) is 0 Å². The van der Waals surface area contributed by atoms with E-state index in [2.05, 4.69) is 15.6 Å².